The number of hydrogen-bond donors (Lipinski definition) is 0. The molecule has 0 saturated heterocycles. The van der Waals surface area contributed by atoms with Gasteiger partial charge in [-0.05, 0) is 24.3 Å². The van der Waals surface area contributed by atoms with Crippen molar-refractivity contribution < 1.29 is 0 Å². The van der Waals surface area contributed by atoms with Crippen molar-refractivity contribution in [3.8, 4) is 0 Å². The predicted molar refractivity (Wildman–Crippen MR) is 68.6 cm³/mol. The van der Waals surface area contributed by atoms with Crippen LogP contribution in [-0.4, -0.2) is 6.16 Å². The van der Waals surface area contributed by atoms with Crippen molar-refractivity contribution in [2.45, 2.75) is 25.9 Å². The number of halogens is 1. The molecule has 0 bridgehead atoms. The molecule has 0 fully saturated rings. The van der Waals surface area contributed by atoms with Crippen LogP contribution >= 0.6 is 25.6 Å². The quantitative estimate of drug-likeness (QED) is 0.549. The van der Waals surface area contributed by atoms with E-state index in [1.807, 2.05) is 0 Å². The van der Waals surface area contributed by atoms with Gasteiger partial charge in [0.15, 0.2) is 0 Å². The number of rotatable bonds is 5. The molecule has 1 unspecified atom stereocenters. The van der Waals surface area contributed by atoms with Gasteiger partial charge in [0.05, 0.1) is 0 Å². The van der Waals surface area contributed by atoms with Gasteiger partial charge < -0.3 is 0 Å². The highest BCUT2D eigenvalue weighted by molar-refractivity contribution is 8.93. The van der Waals surface area contributed by atoms with E-state index in [0.29, 0.717) is 0 Å². The van der Waals surface area contributed by atoms with Crippen LogP contribution in [0.5, 0.6) is 0 Å². The molecule has 0 N–H and O–H groups in total. The lowest BCUT2D eigenvalue weighted by atomic mass is 10.2. The van der Waals surface area contributed by atoms with Gasteiger partial charge in [0.25, 0.3) is 0 Å². The Kier molecular flexibility index (Phi) is 8.80. The highest BCUT2D eigenvalue weighted by atomic mass is 79.9. The fourth-order valence-corrected chi connectivity index (χ4v) is 2.44. The van der Waals surface area contributed by atoms with Crippen molar-refractivity contribution in [3.63, 3.8) is 0 Å². The number of unbranched alkanes of at least 4 members (excludes halogenated alkanes) is 1. The molecular formula is C11H18BrP. The van der Waals surface area contributed by atoms with Crippen molar-refractivity contribution in [3.05, 3.63) is 35.9 Å². The van der Waals surface area contributed by atoms with E-state index >= 15 is 0 Å². The molecule has 1 rings (SSSR count). The zero-order valence-corrected chi connectivity index (χ0v) is 10.8. The van der Waals surface area contributed by atoms with E-state index in [1.54, 1.807) is 0 Å². The highest BCUT2D eigenvalue weighted by Gasteiger charge is 1.90. The third kappa shape index (κ3) is 6.23. The summed E-state index contributed by atoms with van der Waals surface area (Å²) in [4.78, 5) is 0. The Bertz CT molecular complexity index is 199. The SMILES string of the molecule is Br.CCCCPCc1ccccc1. The Morgan fingerprint density at radius 3 is 2.46 bits per heavy atom. The van der Waals surface area contributed by atoms with Gasteiger partial charge in [0.1, 0.15) is 0 Å². The zero-order valence-electron chi connectivity index (χ0n) is 8.12. The average molecular weight is 261 g/mol. The van der Waals surface area contributed by atoms with Crippen LogP contribution in [0.25, 0.3) is 0 Å². The Hall–Kier alpha value is 0.130. The molecule has 0 heterocycles. The van der Waals surface area contributed by atoms with E-state index in [9.17, 15) is 0 Å². The Balaban J connectivity index is 0.00000144. The summed E-state index contributed by atoms with van der Waals surface area (Å²) in [5, 5.41) is 0. The predicted octanol–water partition coefficient (Wildman–Crippen LogP) is 4.24. The first kappa shape index (κ1) is 13.1. The van der Waals surface area contributed by atoms with Gasteiger partial charge in [-0.15, -0.1) is 25.6 Å². The van der Waals surface area contributed by atoms with Crippen LogP contribution in [0.4, 0.5) is 0 Å². The molecule has 2 heteroatoms. The lowest BCUT2D eigenvalue weighted by molar-refractivity contribution is 0.893. The molecule has 13 heavy (non-hydrogen) atoms. The van der Waals surface area contributed by atoms with Crippen LogP contribution < -0.4 is 0 Å². The molecule has 1 atom stereocenters. The normalized spacial score (nSPS) is 10.2. The maximum absolute atomic E-state index is 2.26. The monoisotopic (exact) mass is 260 g/mol. The highest BCUT2D eigenvalue weighted by Crippen LogP contribution is 2.19. The molecular weight excluding hydrogens is 243 g/mol. The van der Waals surface area contributed by atoms with Crippen LogP contribution in [0.15, 0.2) is 30.3 Å². The van der Waals surface area contributed by atoms with Crippen molar-refractivity contribution in [2.24, 2.45) is 0 Å². The van der Waals surface area contributed by atoms with E-state index in [0.717, 1.165) is 8.58 Å². The van der Waals surface area contributed by atoms with Gasteiger partial charge in [0.2, 0.25) is 0 Å². The first-order valence-corrected chi connectivity index (χ1v) is 6.09. The Morgan fingerprint density at radius 2 is 1.85 bits per heavy atom. The fraction of sp³-hybridized carbons (Fsp3) is 0.455. The zero-order chi connectivity index (χ0) is 8.65. The number of hydrogen-bond acceptors (Lipinski definition) is 0. The van der Waals surface area contributed by atoms with E-state index in [-0.39, 0.29) is 17.0 Å². The summed E-state index contributed by atoms with van der Waals surface area (Å²) in [6, 6.07) is 10.8. The smallest absolute Gasteiger partial charge is 0.0101 e. The molecule has 0 aliphatic heterocycles. The van der Waals surface area contributed by atoms with E-state index in [1.165, 1.54) is 30.7 Å². The Labute approximate surface area is 93.7 Å². The van der Waals surface area contributed by atoms with Crippen molar-refractivity contribution in [1.82, 2.24) is 0 Å². The van der Waals surface area contributed by atoms with E-state index in [2.05, 4.69) is 37.3 Å². The first-order valence-electron chi connectivity index (χ1n) is 4.68. The molecule has 0 aliphatic rings. The standard InChI is InChI=1S/C11H17P.BrH/c1-2-3-9-12-10-11-7-5-4-6-8-11;/h4-8,12H,2-3,9-10H2,1H3;1H. The molecule has 0 aliphatic carbocycles. The topological polar surface area (TPSA) is 0 Å². The second-order valence-corrected chi connectivity index (χ2v) is 4.37. The van der Waals surface area contributed by atoms with Crippen LogP contribution in [0.2, 0.25) is 0 Å². The van der Waals surface area contributed by atoms with E-state index in [4.69, 9.17) is 0 Å². The van der Waals surface area contributed by atoms with Crippen LogP contribution in [0.3, 0.4) is 0 Å². The van der Waals surface area contributed by atoms with Gasteiger partial charge in [-0.2, -0.15) is 0 Å². The summed E-state index contributed by atoms with van der Waals surface area (Å²) in [5.41, 5.74) is 1.49. The lowest BCUT2D eigenvalue weighted by Crippen LogP contribution is -1.79. The van der Waals surface area contributed by atoms with Crippen LogP contribution in [-0.2, 0) is 6.16 Å². The third-order valence-electron chi connectivity index (χ3n) is 1.88. The summed E-state index contributed by atoms with van der Waals surface area (Å²) < 4.78 is 0. The molecule has 0 nitrogen and oxygen atoms in total. The molecule has 1 aromatic rings. The van der Waals surface area contributed by atoms with Gasteiger partial charge in [-0.25, -0.2) is 0 Å². The number of benzene rings is 1. The molecule has 0 saturated carbocycles. The van der Waals surface area contributed by atoms with Crippen LogP contribution in [0, 0.1) is 0 Å². The van der Waals surface area contributed by atoms with Crippen molar-refractivity contribution in [1.29, 1.82) is 0 Å². The minimum Gasteiger partial charge on any atom is -0.118 e. The molecule has 0 amide bonds. The second-order valence-electron chi connectivity index (χ2n) is 3.02. The molecule has 0 spiro atoms. The largest absolute Gasteiger partial charge is 0.118 e. The molecule has 1 aromatic carbocycles. The first-order chi connectivity index (χ1) is 5.93. The summed E-state index contributed by atoms with van der Waals surface area (Å²) in [5.74, 6) is 0. The minimum absolute atomic E-state index is 0. The summed E-state index contributed by atoms with van der Waals surface area (Å²) in [7, 11) is 1.12. The summed E-state index contributed by atoms with van der Waals surface area (Å²) in [6.45, 7) is 2.26. The molecule has 0 radical (unpaired) electrons. The molecule has 0 aromatic heterocycles. The average Bonchev–Trinajstić information content (AvgIpc) is 2.14. The minimum atomic E-state index is 0. The second kappa shape index (κ2) is 8.72. The maximum atomic E-state index is 2.26. The van der Waals surface area contributed by atoms with Gasteiger partial charge >= 0.3 is 0 Å². The van der Waals surface area contributed by atoms with Crippen molar-refractivity contribution >= 4 is 25.6 Å². The summed E-state index contributed by atoms with van der Waals surface area (Å²) >= 11 is 0. The van der Waals surface area contributed by atoms with Gasteiger partial charge in [-0.3, -0.25) is 0 Å². The third-order valence-corrected chi connectivity index (χ3v) is 3.24. The molecule has 74 valence electrons. The fourth-order valence-electron chi connectivity index (χ4n) is 1.13. The Morgan fingerprint density at radius 1 is 1.15 bits per heavy atom. The summed E-state index contributed by atoms with van der Waals surface area (Å²) in [6.07, 6.45) is 5.42. The van der Waals surface area contributed by atoms with Crippen molar-refractivity contribution in [2.75, 3.05) is 6.16 Å². The van der Waals surface area contributed by atoms with Gasteiger partial charge in [-0.1, -0.05) is 43.7 Å². The van der Waals surface area contributed by atoms with Gasteiger partial charge in [0, 0.05) is 0 Å². The maximum Gasteiger partial charge on any atom is -0.0101 e. The van der Waals surface area contributed by atoms with Crippen LogP contribution in [0.1, 0.15) is 25.3 Å². The lowest BCUT2D eigenvalue weighted by Gasteiger charge is -1.99. The van der Waals surface area contributed by atoms with E-state index < -0.39 is 0 Å².